The van der Waals surface area contributed by atoms with Gasteiger partial charge in [0.25, 0.3) is 0 Å². The van der Waals surface area contributed by atoms with Gasteiger partial charge in [0.1, 0.15) is 0 Å². The van der Waals surface area contributed by atoms with Gasteiger partial charge in [-0.25, -0.2) is 0 Å². The SMILES string of the molecule is CC(C)c1ccc(S(=O)Cc2cccnc2CN)cc1. The van der Waals surface area contributed by atoms with Gasteiger partial charge in [0, 0.05) is 17.6 Å². The summed E-state index contributed by atoms with van der Waals surface area (Å²) in [6.07, 6.45) is 1.71. The van der Waals surface area contributed by atoms with Crippen LogP contribution in [0.25, 0.3) is 0 Å². The molecule has 2 N–H and O–H groups in total. The monoisotopic (exact) mass is 288 g/mol. The van der Waals surface area contributed by atoms with E-state index in [1.54, 1.807) is 6.20 Å². The maximum atomic E-state index is 12.4. The normalized spacial score (nSPS) is 12.6. The van der Waals surface area contributed by atoms with Crippen LogP contribution < -0.4 is 5.73 Å². The van der Waals surface area contributed by atoms with E-state index in [2.05, 4.69) is 18.8 Å². The summed E-state index contributed by atoms with van der Waals surface area (Å²) < 4.78 is 12.4. The molecule has 1 unspecified atom stereocenters. The minimum absolute atomic E-state index is 0.375. The molecule has 106 valence electrons. The molecule has 0 fully saturated rings. The van der Waals surface area contributed by atoms with Gasteiger partial charge in [-0.2, -0.15) is 0 Å². The quantitative estimate of drug-likeness (QED) is 0.920. The number of benzene rings is 1. The fourth-order valence-corrected chi connectivity index (χ4v) is 3.17. The number of nitrogens with two attached hydrogens (primary N) is 1. The molecule has 0 radical (unpaired) electrons. The van der Waals surface area contributed by atoms with E-state index in [0.29, 0.717) is 18.2 Å². The summed E-state index contributed by atoms with van der Waals surface area (Å²) in [5, 5.41) is 0. The van der Waals surface area contributed by atoms with Crippen molar-refractivity contribution in [1.29, 1.82) is 0 Å². The third-order valence-electron chi connectivity index (χ3n) is 3.27. The first-order chi connectivity index (χ1) is 9.61. The lowest BCUT2D eigenvalue weighted by Gasteiger charge is -2.08. The highest BCUT2D eigenvalue weighted by molar-refractivity contribution is 7.84. The molecule has 0 aliphatic rings. The second-order valence-electron chi connectivity index (χ2n) is 5.03. The zero-order valence-electron chi connectivity index (χ0n) is 11.9. The highest BCUT2D eigenvalue weighted by Crippen LogP contribution is 2.18. The average Bonchev–Trinajstić information content (AvgIpc) is 2.48. The lowest BCUT2D eigenvalue weighted by Crippen LogP contribution is -2.06. The Bertz CT molecular complexity index is 594. The van der Waals surface area contributed by atoms with Gasteiger partial charge in [-0.1, -0.05) is 32.0 Å². The molecule has 0 saturated carbocycles. The van der Waals surface area contributed by atoms with Crippen LogP contribution in [0.3, 0.4) is 0 Å². The van der Waals surface area contributed by atoms with Crippen LogP contribution in [0, 0.1) is 0 Å². The van der Waals surface area contributed by atoms with Gasteiger partial charge in [-0.05, 0) is 35.2 Å². The topological polar surface area (TPSA) is 56.0 Å². The minimum atomic E-state index is -1.06. The predicted molar refractivity (Wildman–Crippen MR) is 82.8 cm³/mol. The molecule has 0 aliphatic heterocycles. The maximum absolute atomic E-state index is 12.4. The van der Waals surface area contributed by atoms with Gasteiger partial charge < -0.3 is 5.73 Å². The molecule has 1 atom stereocenters. The molecule has 3 nitrogen and oxygen atoms in total. The summed E-state index contributed by atoms with van der Waals surface area (Å²) in [6, 6.07) is 11.8. The molecule has 0 aliphatic carbocycles. The summed E-state index contributed by atoms with van der Waals surface area (Å²) in [6.45, 7) is 4.67. The molecule has 0 amide bonds. The Hall–Kier alpha value is -1.52. The van der Waals surface area contributed by atoms with E-state index < -0.39 is 10.8 Å². The summed E-state index contributed by atoms with van der Waals surface area (Å²) in [5.74, 6) is 0.946. The Morgan fingerprint density at radius 1 is 1.20 bits per heavy atom. The predicted octanol–water partition coefficient (Wildman–Crippen LogP) is 2.97. The van der Waals surface area contributed by atoms with Crippen molar-refractivity contribution in [2.75, 3.05) is 0 Å². The van der Waals surface area contributed by atoms with Crippen LogP contribution in [-0.2, 0) is 23.1 Å². The van der Waals surface area contributed by atoms with Gasteiger partial charge in [0.2, 0.25) is 0 Å². The van der Waals surface area contributed by atoms with Gasteiger partial charge in [-0.3, -0.25) is 9.19 Å². The lowest BCUT2D eigenvalue weighted by atomic mass is 10.0. The number of rotatable bonds is 5. The Morgan fingerprint density at radius 3 is 2.50 bits per heavy atom. The summed E-state index contributed by atoms with van der Waals surface area (Å²) in [4.78, 5) is 5.07. The van der Waals surface area contributed by atoms with Crippen LogP contribution in [0.1, 0.15) is 36.6 Å². The van der Waals surface area contributed by atoms with Gasteiger partial charge in [0.15, 0.2) is 0 Å². The van der Waals surface area contributed by atoms with Crippen LogP contribution in [-0.4, -0.2) is 9.19 Å². The van der Waals surface area contributed by atoms with Crippen LogP contribution >= 0.6 is 0 Å². The zero-order valence-corrected chi connectivity index (χ0v) is 12.7. The molecule has 0 saturated heterocycles. The molecular formula is C16H20N2OS. The Morgan fingerprint density at radius 2 is 1.90 bits per heavy atom. The highest BCUT2D eigenvalue weighted by Gasteiger charge is 2.09. The number of pyridine rings is 1. The summed E-state index contributed by atoms with van der Waals surface area (Å²) in [7, 11) is -1.06. The second-order valence-corrected chi connectivity index (χ2v) is 6.48. The zero-order chi connectivity index (χ0) is 14.5. The van der Waals surface area contributed by atoms with Crippen molar-refractivity contribution >= 4 is 10.8 Å². The Balaban J connectivity index is 2.15. The minimum Gasteiger partial charge on any atom is -0.325 e. The molecule has 2 rings (SSSR count). The fourth-order valence-electron chi connectivity index (χ4n) is 2.02. The van der Waals surface area contributed by atoms with Gasteiger partial charge in [-0.15, -0.1) is 0 Å². The average molecular weight is 288 g/mol. The second kappa shape index (κ2) is 6.77. The van der Waals surface area contributed by atoms with E-state index in [1.165, 1.54) is 5.56 Å². The van der Waals surface area contributed by atoms with Gasteiger partial charge in [0.05, 0.1) is 22.2 Å². The fraction of sp³-hybridized carbons (Fsp3) is 0.312. The molecule has 20 heavy (non-hydrogen) atoms. The van der Waals surface area contributed by atoms with E-state index in [0.717, 1.165) is 16.2 Å². The third kappa shape index (κ3) is 3.52. The molecule has 1 heterocycles. The Kier molecular flexibility index (Phi) is 5.04. The van der Waals surface area contributed by atoms with Crippen LogP contribution in [0.2, 0.25) is 0 Å². The number of nitrogens with zero attached hydrogens (tertiary/aromatic N) is 1. The van der Waals surface area contributed by atoms with Crippen molar-refractivity contribution in [2.24, 2.45) is 5.73 Å². The van der Waals surface area contributed by atoms with Crippen LogP contribution in [0.15, 0.2) is 47.5 Å². The maximum Gasteiger partial charge on any atom is 0.0580 e. The first-order valence-electron chi connectivity index (χ1n) is 6.73. The summed E-state index contributed by atoms with van der Waals surface area (Å²) >= 11 is 0. The van der Waals surface area contributed by atoms with Crippen molar-refractivity contribution in [3.8, 4) is 0 Å². The van der Waals surface area contributed by atoms with Crippen molar-refractivity contribution in [3.63, 3.8) is 0 Å². The van der Waals surface area contributed by atoms with Crippen molar-refractivity contribution < 1.29 is 4.21 Å². The van der Waals surface area contributed by atoms with E-state index in [9.17, 15) is 4.21 Å². The standard InChI is InChI=1S/C16H20N2OS/c1-12(2)13-5-7-15(8-6-13)20(19)11-14-4-3-9-18-16(14)10-17/h3-9,12H,10-11,17H2,1-2H3. The number of hydrogen-bond donors (Lipinski definition) is 1. The van der Waals surface area contributed by atoms with E-state index in [1.807, 2.05) is 36.4 Å². The van der Waals surface area contributed by atoms with Crippen LogP contribution in [0.5, 0.6) is 0 Å². The van der Waals surface area contributed by atoms with Crippen molar-refractivity contribution in [3.05, 3.63) is 59.4 Å². The molecule has 4 heteroatoms. The van der Waals surface area contributed by atoms with E-state index in [-0.39, 0.29) is 0 Å². The van der Waals surface area contributed by atoms with Crippen LogP contribution in [0.4, 0.5) is 0 Å². The molecule has 0 spiro atoms. The molecule has 0 bridgehead atoms. The van der Waals surface area contributed by atoms with E-state index in [4.69, 9.17) is 5.73 Å². The molecular weight excluding hydrogens is 268 g/mol. The molecule has 2 aromatic rings. The number of hydrogen-bond acceptors (Lipinski definition) is 3. The first-order valence-corrected chi connectivity index (χ1v) is 8.05. The first kappa shape index (κ1) is 14.9. The molecule has 1 aromatic carbocycles. The molecule has 1 aromatic heterocycles. The summed E-state index contributed by atoms with van der Waals surface area (Å²) in [5.41, 5.74) is 8.69. The van der Waals surface area contributed by atoms with Crippen molar-refractivity contribution in [1.82, 2.24) is 4.98 Å². The van der Waals surface area contributed by atoms with E-state index >= 15 is 0 Å². The largest absolute Gasteiger partial charge is 0.325 e. The highest BCUT2D eigenvalue weighted by atomic mass is 32.2. The Labute approximate surface area is 122 Å². The third-order valence-corrected chi connectivity index (χ3v) is 4.65. The lowest BCUT2D eigenvalue weighted by molar-refractivity contribution is 0.682. The van der Waals surface area contributed by atoms with Crippen molar-refractivity contribution in [2.45, 2.75) is 37.0 Å². The number of aromatic nitrogens is 1. The van der Waals surface area contributed by atoms with Gasteiger partial charge >= 0.3 is 0 Å². The smallest absolute Gasteiger partial charge is 0.0580 e.